The Labute approximate surface area is 175 Å². The van der Waals surface area contributed by atoms with E-state index in [1.165, 1.54) is 17.4 Å². The van der Waals surface area contributed by atoms with Crippen LogP contribution in [-0.2, 0) is 0 Å². The number of halogens is 2. The van der Waals surface area contributed by atoms with Gasteiger partial charge in [0.15, 0.2) is 5.13 Å². The first-order chi connectivity index (χ1) is 12.9. The number of thiazole rings is 1. The molecule has 0 N–H and O–H groups in total. The normalized spacial score (nSPS) is 10.9. The maximum Gasteiger partial charge on any atom is 0.260 e. The van der Waals surface area contributed by atoms with E-state index >= 15 is 0 Å². The summed E-state index contributed by atoms with van der Waals surface area (Å²) in [6.45, 7) is 5.30. The lowest BCUT2D eigenvalue weighted by Gasteiger charge is -2.22. The number of rotatable bonds is 6. The summed E-state index contributed by atoms with van der Waals surface area (Å²) in [5.74, 6) is -0.447. The topological polar surface area (TPSA) is 36.4 Å². The molecule has 3 aromatic rings. The van der Waals surface area contributed by atoms with Crippen LogP contribution >= 0.6 is 23.7 Å². The predicted octanol–water partition coefficient (Wildman–Crippen LogP) is 5.07. The Hall–Kier alpha value is -2.02. The van der Waals surface area contributed by atoms with Crippen LogP contribution in [0.1, 0.15) is 27.9 Å². The van der Waals surface area contributed by atoms with Gasteiger partial charge in [-0.25, -0.2) is 9.37 Å². The van der Waals surface area contributed by atoms with Gasteiger partial charge in [0.05, 0.1) is 4.70 Å². The fourth-order valence-electron chi connectivity index (χ4n) is 2.96. The van der Waals surface area contributed by atoms with Crippen molar-refractivity contribution >= 4 is 45.0 Å². The molecule has 0 saturated heterocycles. The van der Waals surface area contributed by atoms with Crippen molar-refractivity contribution < 1.29 is 9.18 Å². The van der Waals surface area contributed by atoms with E-state index in [-0.39, 0.29) is 24.1 Å². The van der Waals surface area contributed by atoms with Crippen molar-refractivity contribution in [2.45, 2.75) is 20.3 Å². The Morgan fingerprint density at radius 3 is 2.57 bits per heavy atom. The van der Waals surface area contributed by atoms with Gasteiger partial charge in [0, 0.05) is 12.1 Å². The lowest BCUT2D eigenvalue weighted by molar-refractivity contribution is 0.0985. The molecule has 0 radical (unpaired) electrons. The first-order valence-electron chi connectivity index (χ1n) is 8.95. The first-order valence-corrected chi connectivity index (χ1v) is 9.77. The summed E-state index contributed by atoms with van der Waals surface area (Å²) >= 11 is 1.35. The molecule has 0 atom stereocenters. The minimum atomic E-state index is -0.359. The number of carbonyl (C=O) groups is 1. The van der Waals surface area contributed by atoms with E-state index < -0.39 is 0 Å². The predicted molar refractivity (Wildman–Crippen MR) is 118 cm³/mol. The highest BCUT2D eigenvalue weighted by molar-refractivity contribution is 7.22. The standard InChI is InChI=1S/C21H24FN3OS.ClH/c1-14-9-10-15(2)16(13-14)20(26)25(12-6-11-24(3)4)21-23-19-17(22)7-5-8-18(19)27-21;/h5,7-10,13H,6,11-12H2,1-4H3;1H. The molecule has 0 saturated carbocycles. The van der Waals surface area contributed by atoms with Crippen molar-refractivity contribution in [2.24, 2.45) is 0 Å². The molecule has 4 nitrogen and oxygen atoms in total. The van der Waals surface area contributed by atoms with Gasteiger partial charge in [-0.15, -0.1) is 12.4 Å². The van der Waals surface area contributed by atoms with Gasteiger partial charge in [-0.05, 0) is 64.7 Å². The van der Waals surface area contributed by atoms with Crippen molar-refractivity contribution in [1.82, 2.24) is 9.88 Å². The lowest BCUT2D eigenvalue weighted by atomic mass is 10.0. The average molecular weight is 422 g/mol. The van der Waals surface area contributed by atoms with Crippen LogP contribution in [0.5, 0.6) is 0 Å². The second-order valence-electron chi connectivity index (χ2n) is 7.02. The number of fused-ring (bicyclic) bond motifs is 1. The largest absolute Gasteiger partial charge is 0.309 e. The number of aromatic nitrogens is 1. The highest BCUT2D eigenvalue weighted by Crippen LogP contribution is 2.31. The molecular weight excluding hydrogens is 397 g/mol. The third-order valence-corrected chi connectivity index (χ3v) is 5.49. The minimum Gasteiger partial charge on any atom is -0.309 e. The SMILES string of the molecule is Cc1ccc(C)c(C(=O)N(CCCN(C)C)c2nc3c(F)cccc3s2)c1.Cl. The molecule has 0 aliphatic carbocycles. The summed E-state index contributed by atoms with van der Waals surface area (Å²) in [7, 11) is 4.01. The van der Waals surface area contributed by atoms with Gasteiger partial charge < -0.3 is 4.90 Å². The molecule has 7 heteroatoms. The zero-order valence-electron chi connectivity index (χ0n) is 16.5. The molecule has 1 aromatic heterocycles. The third-order valence-electron chi connectivity index (χ3n) is 4.45. The zero-order chi connectivity index (χ0) is 19.6. The van der Waals surface area contributed by atoms with E-state index in [0.29, 0.717) is 22.8 Å². The number of benzene rings is 2. The molecule has 0 fully saturated rings. The molecular formula is C21H25ClFN3OS. The summed E-state index contributed by atoms with van der Waals surface area (Å²) in [6.07, 6.45) is 0.808. The van der Waals surface area contributed by atoms with Crippen LogP contribution in [0.2, 0.25) is 0 Å². The van der Waals surface area contributed by atoms with Crippen molar-refractivity contribution in [1.29, 1.82) is 0 Å². The third kappa shape index (κ3) is 4.87. The van der Waals surface area contributed by atoms with Crippen LogP contribution in [-0.4, -0.2) is 43.0 Å². The van der Waals surface area contributed by atoms with Crippen LogP contribution in [0.3, 0.4) is 0 Å². The number of amides is 1. The quantitative estimate of drug-likeness (QED) is 0.557. The second-order valence-corrected chi connectivity index (χ2v) is 8.02. The second kappa shape index (κ2) is 9.45. The highest BCUT2D eigenvalue weighted by Gasteiger charge is 2.23. The van der Waals surface area contributed by atoms with Crippen LogP contribution < -0.4 is 4.90 Å². The Morgan fingerprint density at radius 1 is 1.14 bits per heavy atom. The number of carbonyl (C=O) groups excluding carboxylic acids is 1. The summed E-state index contributed by atoms with van der Waals surface area (Å²) in [6, 6.07) is 10.8. The van der Waals surface area contributed by atoms with E-state index in [0.717, 1.165) is 28.8 Å². The maximum atomic E-state index is 14.1. The molecule has 1 amide bonds. The number of hydrogen-bond acceptors (Lipinski definition) is 4. The number of anilines is 1. The van der Waals surface area contributed by atoms with Gasteiger partial charge in [0.2, 0.25) is 0 Å². The van der Waals surface area contributed by atoms with Crippen molar-refractivity contribution in [2.75, 3.05) is 32.1 Å². The van der Waals surface area contributed by atoms with E-state index in [1.807, 2.05) is 52.2 Å². The minimum absolute atomic E-state index is 0. The molecule has 0 bridgehead atoms. The Bertz CT molecular complexity index is 973. The molecule has 2 aromatic carbocycles. The Balaban J connectivity index is 0.00000280. The summed E-state index contributed by atoms with van der Waals surface area (Å²) < 4.78 is 14.8. The molecule has 0 aliphatic heterocycles. The smallest absolute Gasteiger partial charge is 0.260 e. The van der Waals surface area contributed by atoms with E-state index in [2.05, 4.69) is 9.88 Å². The van der Waals surface area contributed by atoms with Crippen molar-refractivity contribution in [3.05, 3.63) is 58.9 Å². The van der Waals surface area contributed by atoms with Gasteiger partial charge in [-0.2, -0.15) is 0 Å². The fraction of sp³-hybridized carbons (Fsp3) is 0.333. The van der Waals surface area contributed by atoms with E-state index in [9.17, 15) is 9.18 Å². The molecule has 0 spiro atoms. The van der Waals surface area contributed by atoms with Crippen molar-refractivity contribution in [3.63, 3.8) is 0 Å². The number of para-hydroxylation sites is 1. The molecule has 3 rings (SSSR count). The summed E-state index contributed by atoms with van der Waals surface area (Å²) in [5.41, 5.74) is 2.95. The van der Waals surface area contributed by atoms with Gasteiger partial charge in [0.1, 0.15) is 11.3 Å². The van der Waals surface area contributed by atoms with Crippen LogP contribution in [0, 0.1) is 19.7 Å². The maximum absolute atomic E-state index is 14.1. The van der Waals surface area contributed by atoms with Gasteiger partial charge in [-0.1, -0.05) is 35.1 Å². The molecule has 1 heterocycles. The van der Waals surface area contributed by atoms with Gasteiger partial charge in [0.25, 0.3) is 5.91 Å². The van der Waals surface area contributed by atoms with E-state index in [4.69, 9.17) is 0 Å². The van der Waals surface area contributed by atoms with Crippen molar-refractivity contribution in [3.8, 4) is 0 Å². The molecule has 28 heavy (non-hydrogen) atoms. The Morgan fingerprint density at radius 2 is 1.89 bits per heavy atom. The highest BCUT2D eigenvalue weighted by atomic mass is 35.5. The van der Waals surface area contributed by atoms with Crippen LogP contribution in [0.4, 0.5) is 9.52 Å². The number of nitrogens with zero attached hydrogens (tertiary/aromatic N) is 3. The van der Waals surface area contributed by atoms with Crippen LogP contribution in [0.25, 0.3) is 10.2 Å². The Kier molecular flexibility index (Phi) is 7.52. The monoisotopic (exact) mass is 421 g/mol. The van der Waals surface area contributed by atoms with E-state index in [1.54, 1.807) is 11.0 Å². The first kappa shape index (κ1) is 22.3. The number of aryl methyl sites for hydroxylation is 2. The molecule has 150 valence electrons. The molecule has 0 unspecified atom stereocenters. The van der Waals surface area contributed by atoms with Crippen LogP contribution in [0.15, 0.2) is 36.4 Å². The zero-order valence-corrected chi connectivity index (χ0v) is 18.2. The fourth-order valence-corrected chi connectivity index (χ4v) is 3.96. The number of hydrogen-bond donors (Lipinski definition) is 0. The summed E-state index contributed by atoms with van der Waals surface area (Å²) in [5, 5.41) is 0.541. The molecule has 0 aliphatic rings. The van der Waals surface area contributed by atoms with Gasteiger partial charge >= 0.3 is 0 Å². The van der Waals surface area contributed by atoms with Gasteiger partial charge in [-0.3, -0.25) is 9.69 Å². The summed E-state index contributed by atoms with van der Waals surface area (Å²) in [4.78, 5) is 21.6. The lowest BCUT2D eigenvalue weighted by Crippen LogP contribution is -2.34. The average Bonchev–Trinajstić information content (AvgIpc) is 3.05.